The number of carbonyl (C=O) groups excluding carboxylic acids is 4. The molecule has 212 valence electrons. The molecule has 10 N–H and O–H groups in total. The monoisotopic (exact) mass is 545 g/mol. The Bertz CT molecular complexity index is 1140. The first-order chi connectivity index (χ1) is 18.4. The number of aromatic amines is 1. The van der Waals surface area contributed by atoms with Gasteiger partial charge in [0.2, 0.25) is 23.6 Å². The van der Waals surface area contributed by atoms with Gasteiger partial charge in [-0.25, -0.2) is 9.78 Å². The Balaban J connectivity index is 2.24. The summed E-state index contributed by atoms with van der Waals surface area (Å²) < 4.78 is 0. The molecule has 0 saturated carbocycles. The summed E-state index contributed by atoms with van der Waals surface area (Å²) in [5.41, 5.74) is 12.3. The smallest absolute Gasteiger partial charge is 0.326 e. The average molecular weight is 546 g/mol. The number of hydrogen-bond donors (Lipinski definition) is 8. The van der Waals surface area contributed by atoms with E-state index in [2.05, 4.69) is 25.9 Å². The number of nitrogens with one attached hydrogen (secondary N) is 4. The molecule has 5 unspecified atom stereocenters. The number of carboxylic acids is 1. The van der Waals surface area contributed by atoms with Crippen LogP contribution in [0, 0.1) is 5.92 Å². The van der Waals surface area contributed by atoms with E-state index in [1.165, 1.54) is 36.8 Å². The van der Waals surface area contributed by atoms with E-state index in [9.17, 15) is 34.2 Å². The fourth-order valence-electron chi connectivity index (χ4n) is 3.70. The van der Waals surface area contributed by atoms with Crippen LogP contribution in [0.2, 0.25) is 0 Å². The Labute approximate surface area is 224 Å². The Morgan fingerprint density at radius 1 is 0.974 bits per heavy atom. The van der Waals surface area contributed by atoms with Crippen LogP contribution in [0.4, 0.5) is 0 Å². The molecule has 0 saturated heterocycles. The van der Waals surface area contributed by atoms with Gasteiger partial charge < -0.3 is 42.6 Å². The first-order valence-electron chi connectivity index (χ1n) is 12.3. The molecule has 0 aliphatic heterocycles. The van der Waals surface area contributed by atoms with Gasteiger partial charge in [0.1, 0.15) is 23.9 Å². The van der Waals surface area contributed by atoms with Crippen LogP contribution in [0.15, 0.2) is 36.8 Å². The van der Waals surface area contributed by atoms with Gasteiger partial charge in [-0.2, -0.15) is 0 Å². The highest BCUT2D eigenvalue weighted by atomic mass is 16.4. The van der Waals surface area contributed by atoms with Gasteiger partial charge in [-0.1, -0.05) is 32.4 Å². The zero-order valence-corrected chi connectivity index (χ0v) is 21.7. The number of H-pyrrole nitrogens is 1. The molecule has 39 heavy (non-hydrogen) atoms. The molecule has 2 aromatic rings. The fourth-order valence-corrected chi connectivity index (χ4v) is 3.70. The Morgan fingerprint density at radius 2 is 1.62 bits per heavy atom. The maximum atomic E-state index is 13.4. The van der Waals surface area contributed by atoms with Gasteiger partial charge in [-0.05, 0) is 23.6 Å². The number of benzene rings is 1. The minimum absolute atomic E-state index is 0.0119. The van der Waals surface area contributed by atoms with Crippen LogP contribution in [-0.2, 0) is 36.8 Å². The van der Waals surface area contributed by atoms with Crippen molar-refractivity contribution in [2.45, 2.75) is 63.7 Å². The van der Waals surface area contributed by atoms with E-state index in [-0.39, 0.29) is 24.5 Å². The molecule has 1 heterocycles. The normalized spacial score (nSPS) is 14.7. The number of phenols is 1. The van der Waals surface area contributed by atoms with Crippen LogP contribution in [0.3, 0.4) is 0 Å². The summed E-state index contributed by atoms with van der Waals surface area (Å²) in [6.07, 6.45) is 2.90. The molecular weight excluding hydrogens is 510 g/mol. The molecular formula is C25H35N7O7. The van der Waals surface area contributed by atoms with E-state index >= 15 is 0 Å². The number of carboxylic acid groups (broad SMARTS) is 1. The molecule has 5 atom stereocenters. The molecule has 0 bridgehead atoms. The molecule has 14 heteroatoms. The lowest BCUT2D eigenvalue weighted by Gasteiger charge is -2.28. The van der Waals surface area contributed by atoms with Crippen molar-refractivity contribution in [3.8, 4) is 5.75 Å². The van der Waals surface area contributed by atoms with E-state index in [0.717, 1.165) is 0 Å². The lowest BCUT2D eigenvalue weighted by Crippen LogP contribution is -2.59. The summed E-state index contributed by atoms with van der Waals surface area (Å²) in [6, 6.07) is 0.895. The fraction of sp³-hybridized carbons (Fsp3) is 0.440. The van der Waals surface area contributed by atoms with Crippen molar-refractivity contribution >= 4 is 29.6 Å². The second-order valence-electron chi connectivity index (χ2n) is 9.26. The number of imidazole rings is 1. The van der Waals surface area contributed by atoms with Crippen molar-refractivity contribution in [1.29, 1.82) is 0 Å². The largest absolute Gasteiger partial charge is 0.508 e. The van der Waals surface area contributed by atoms with Gasteiger partial charge in [0.05, 0.1) is 18.8 Å². The number of phenolic OH excluding ortho intramolecular Hbond substituents is 1. The van der Waals surface area contributed by atoms with E-state index in [4.69, 9.17) is 11.5 Å². The zero-order valence-electron chi connectivity index (χ0n) is 21.7. The van der Waals surface area contributed by atoms with Crippen LogP contribution in [0.25, 0.3) is 0 Å². The number of nitrogens with zero attached hydrogens (tertiary/aromatic N) is 1. The van der Waals surface area contributed by atoms with Crippen LogP contribution < -0.4 is 27.4 Å². The molecule has 0 radical (unpaired) electrons. The van der Waals surface area contributed by atoms with Gasteiger partial charge in [-0.15, -0.1) is 0 Å². The molecule has 1 aromatic carbocycles. The van der Waals surface area contributed by atoms with Gasteiger partial charge in [0, 0.05) is 24.7 Å². The topological polar surface area (TPSA) is 243 Å². The van der Waals surface area contributed by atoms with E-state index in [1.807, 2.05) is 6.92 Å². The number of nitrogens with two attached hydrogens (primary N) is 2. The van der Waals surface area contributed by atoms with E-state index in [1.54, 1.807) is 6.92 Å². The Kier molecular flexibility index (Phi) is 11.4. The second-order valence-corrected chi connectivity index (χ2v) is 9.26. The van der Waals surface area contributed by atoms with E-state index < -0.39 is 60.2 Å². The van der Waals surface area contributed by atoms with Crippen molar-refractivity contribution < 1.29 is 34.2 Å². The third-order valence-electron chi connectivity index (χ3n) is 6.15. The predicted octanol–water partition coefficient (Wildman–Crippen LogP) is -1.31. The van der Waals surface area contributed by atoms with Crippen molar-refractivity contribution in [1.82, 2.24) is 25.9 Å². The predicted molar refractivity (Wildman–Crippen MR) is 139 cm³/mol. The highest BCUT2D eigenvalue weighted by molar-refractivity contribution is 5.95. The summed E-state index contributed by atoms with van der Waals surface area (Å²) in [7, 11) is 0. The number of primary amides is 1. The van der Waals surface area contributed by atoms with Gasteiger partial charge >= 0.3 is 5.97 Å². The number of rotatable bonds is 15. The SMILES string of the molecule is CCC(C)C(NC(=O)C(N)Cc1cnc[nH]1)C(=O)NC(Cc1ccc(O)cc1)C(=O)NC(CC(N)=O)C(=O)O. The average Bonchev–Trinajstić information content (AvgIpc) is 3.39. The Morgan fingerprint density at radius 3 is 2.15 bits per heavy atom. The van der Waals surface area contributed by atoms with E-state index in [0.29, 0.717) is 17.7 Å². The van der Waals surface area contributed by atoms with Gasteiger partial charge in [0.15, 0.2) is 0 Å². The van der Waals surface area contributed by atoms with Crippen molar-refractivity contribution in [3.05, 3.63) is 48.0 Å². The highest BCUT2D eigenvalue weighted by Crippen LogP contribution is 2.14. The van der Waals surface area contributed by atoms with Gasteiger partial charge in [0.25, 0.3) is 0 Å². The quantitative estimate of drug-likeness (QED) is 0.132. The van der Waals surface area contributed by atoms with Crippen LogP contribution in [0.5, 0.6) is 5.75 Å². The van der Waals surface area contributed by atoms with Crippen molar-refractivity contribution in [3.63, 3.8) is 0 Å². The molecule has 0 aliphatic carbocycles. The minimum Gasteiger partial charge on any atom is -0.508 e. The molecule has 14 nitrogen and oxygen atoms in total. The third-order valence-corrected chi connectivity index (χ3v) is 6.15. The maximum Gasteiger partial charge on any atom is 0.326 e. The van der Waals surface area contributed by atoms with Crippen LogP contribution in [-0.4, -0.2) is 73.9 Å². The minimum atomic E-state index is -1.61. The zero-order chi connectivity index (χ0) is 29.1. The second kappa shape index (κ2) is 14.5. The molecule has 0 aliphatic rings. The summed E-state index contributed by atoms with van der Waals surface area (Å²) in [6.45, 7) is 3.57. The number of carbonyl (C=O) groups is 5. The summed E-state index contributed by atoms with van der Waals surface area (Å²) in [5.74, 6) is -4.94. The molecule has 0 spiro atoms. The first-order valence-corrected chi connectivity index (χ1v) is 12.3. The number of amides is 4. The molecule has 2 rings (SSSR count). The highest BCUT2D eigenvalue weighted by Gasteiger charge is 2.33. The number of hydrogen-bond acceptors (Lipinski definition) is 8. The van der Waals surface area contributed by atoms with Crippen molar-refractivity contribution in [2.24, 2.45) is 17.4 Å². The van der Waals surface area contributed by atoms with Crippen molar-refractivity contribution in [2.75, 3.05) is 0 Å². The van der Waals surface area contributed by atoms with Gasteiger partial charge in [-0.3, -0.25) is 19.2 Å². The standard InChI is InChI=1S/C25H35N7O7/c1-3-13(2)21(32-22(35)17(26)9-15-11-28-12-29-15)24(37)30-18(8-14-4-6-16(33)7-5-14)23(36)31-19(25(38)39)10-20(27)34/h4-7,11-13,17-19,21,33H,3,8-10,26H2,1-2H3,(H2,27,34)(H,28,29)(H,30,37)(H,31,36)(H,32,35)(H,38,39). The Hall–Kier alpha value is -4.46. The third kappa shape index (κ3) is 9.74. The molecule has 0 fully saturated rings. The number of aromatic hydroxyl groups is 1. The lowest BCUT2D eigenvalue weighted by molar-refractivity contribution is -0.143. The molecule has 1 aromatic heterocycles. The maximum absolute atomic E-state index is 13.4. The first kappa shape index (κ1) is 30.8. The summed E-state index contributed by atoms with van der Waals surface area (Å²) in [4.78, 5) is 68.9. The number of aromatic nitrogens is 2. The molecule has 4 amide bonds. The number of aliphatic carboxylic acids is 1. The lowest BCUT2D eigenvalue weighted by atomic mass is 9.96. The van der Waals surface area contributed by atoms with Crippen LogP contribution in [0.1, 0.15) is 37.9 Å². The summed E-state index contributed by atoms with van der Waals surface area (Å²) >= 11 is 0. The summed E-state index contributed by atoms with van der Waals surface area (Å²) in [5, 5.41) is 26.4. The van der Waals surface area contributed by atoms with Crippen LogP contribution >= 0.6 is 0 Å².